The lowest BCUT2D eigenvalue weighted by Gasteiger charge is -2.08. The molecule has 2 rings (SSSR count). The van der Waals surface area contributed by atoms with Crippen LogP contribution in [0.1, 0.15) is 20.0 Å². The molecule has 0 bridgehead atoms. The molecule has 9 heteroatoms. The number of carbonyl (C=O) groups is 2. The van der Waals surface area contributed by atoms with E-state index < -0.39 is 17.6 Å². The Morgan fingerprint density at radius 2 is 2.09 bits per heavy atom. The number of alkyl halides is 2. The first-order chi connectivity index (χ1) is 10.9. The van der Waals surface area contributed by atoms with Gasteiger partial charge in [0.1, 0.15) is 4.88 Å². The second-order valence-corrected chi connectivity index (χ2v) is 6.94. The van der Waals surface area contributed by atoms with Gasteiger partial charge in [0, 0.05) is 15.1 Å². The van der Waals surface area contributed by atoms with E-state index in [-0.39, 0.29) is 15.3 Å². The Balaban J connectivity index is 2.21. The molecule has 23 heavy (non-hydrogen) atoms. The molecule has 0 radical (unpaired) electrons. The summed E-state index contributed by atoms with van der Waals surface area (Å²) in [6.07, 6.45) is 0. The lowest BCUT2D eigenvalue weighted by atomic mass is 10.2. The van der Waals surface area contributed by atoms with Crippen molar-refractivity contribution in [3.63, 3.8) is 0 Å². The van der Waals surface area contributed by atoms with Gasteiger partial charge in [0.25, 0.3) is 11.7 Å². The number of thioether (sulfide) groups is 1. The fourth-order valence-corrected chi connectivity index (χ4v) is 3.71. The maximum atomic E-state index is 12.5. The van der Waals surface area contributed by atoms with Crippen molar-refractivity contribution in [3.8, 4) is 0 Å². The Bertz CT molecular complexity index is 737. The molecule has 0 unspecified atom stereocenters. The van der Waals surface area contributed by atoms with Crippen molar-refractivity contribution in [1.82, 2.24) is 0 Å². The summed E-state index contributed by atoms with van der Waals surface area (Å²) >= 11 is 4.61. The molecule has 1 heterocycles. The van der Waals surface area contributed by atoms with Crippen molar-refractivity contribution >= 4 is 56.6 Å². The van der Waals surface area contributed by atoms with Gasteiger partial charge in [-0.25, -0.2) is 4.79 Å². The zero-order valence-corrected chi connectivity index (χ0v) is 14.9. The number of anilines is 1. The van der Waals surface area contributed by atoms with Crippen LogP contribution >= 0.6 is 39.0 Å². The number of halogens is 3. The number of ether oxygens (including phenoxy) is 1. The van der Waals surface area contributed by atoms with Crippen LogP contribution in [0, 0.1) is 0 Å². The van der Waals surface area contributed by atoms with Crippen molar-refractivity contribution in [2.45, 2.75) is 10.7 Å². The number of esters is 1. The largest absolute Gasteiger partial charge is 0.465 e. The number of hydrogen-bond acceptors (Lipinski definition) is 5. The maximum absolute atomic E-state index is 12.5. The first-order valence-electron chi connectivity index (χ1n) is 6.14. The molecule has 0 spiro atoms. The molecule has 0 aliphatic carbocycles. The van der Waals surface area contributed by atoms with Crippen LogP contribution in [-0.2, 0) is 4.74 Å². The molecule has 1 N–H and O–H groups in total. The molecule has 1 amide bonds. The summed E-state index contributed by atoms with van der Waals surface area (Å²) in [5, 5.41) is 4.16. The molecule has 1 aromatic heterocycles. The van der Waals surface area contributed by atoms with E-state index in [1.54, 1.807) is 17.5 Å². The number of hydrogen-bond donors (Lipinski definition) is 1. The predicted molar refractivity (Wildman–Crippen MR) is 89.6 cm³/mol. The minimum atomic E-state index is -2.60. The number of nitrogens with one attached hydrogen (secondary N) is 1. The summed E-state index contributed by atoms with van der Waals surface area (Å²) in [6.45, 7) is 0. The fraction of sp³-hybridized carbons (Fsp3) is 0.143. The van der Waals surface area contributed by atoms with E-state index in [1.165, 1.54) is 19.2 Å². The zero-order chi connectivity index (χ0) is 17.0. The zero-order valence-electron chi connectivity index (χ0n) is 11.6. The smallest absolute Gasteiger partial charge is 0.339 e. The SMILES string of the molecule is COC(=O)c1cc(NC(=O)c2sccc2SC(F)F)ccc1Br. The highest BCUT2D eigenvalue weighted by molar-refractivity contribution is 9.10. The minimum absolute atomic E-state index is 0.192. The average molecular weight is 422 g/mol. The highest BCUT2D eigenvalue weighted by atomic mass is 79.9. The van der Waals surface area contributed by atoms with Crippen LogP contribution in [0.25, 0.3) is 0 Å². The Kier molecular flexibility index (Phi) is 6.14. The second-order valence-electron chi connectivity index (χ2n) is 4.13. The Morgan fingerprint density at radius 1 is 1.35 bits per heavy atom. The molecule has 122 valence electrons. The van der Waals surface area contributed by atoms with E-state index in [1.807, 2.05) is 0 Å². The van der Waals surface area contributed by atoms with Crippen LogP contribution in [-0.4, -0.2) is 24.7 Å². The van der Waals surface area contributed by atoms with E-state index in [4.69, 9.17) is 0 Å². The van der Waals surface area contributed by atoms with E-state index in [9.17, 15) is 18.4 Å². The molecule has 0 saturated carbocycles. The van der Waals surface area contributed by atoms with Crippen LogP contribution in [0.2, 0.25) is 0 Å². The molecule has 0 aliphatic rings. The Labute approximate surface area is 147 Å². The number of thiophene rings is 1. The first-order valence-corrected chi connectivity index (χ1v) is 8.69. The molecule has 0 atom stereocenters. The number of rotatable bonds is 5. The third-order valence-corrected chi connectivity index (χ3v) is 5.19. The summed E-state index contributed by atoms with van der Waals surface area (Å²) in [6, 6.07) is 6.09. The van der Waals surface area contributed by atoms with Gasteiger partial charge in [-0.2, -0.15) is 8.78 Å². The maximum Gasteiger partial charge on any atom is 0.339 e. The van der Waals surface area contributed by atoms with Gasteiger partial charge >= 0.3 is 5.97 Å². The molecule has 0 aliphatic heterocycles. The molecule has 0 fully saturated rings. The van der Waals surface area contributed by atoms with Crippen LogP contribution in [0.4, 0.5) is 14.5 Å². The van der Waals surface area contributed by atoms with Gasteiger partial charge in [0.2, 0.25) is 0 Å². The standard InChI is InChI=1S/C14H10BrF2NO3S2/c1-21-13(20)8-6-7(2-3-9(8)15)18-12(19)11-10(4-5-22-11)23-14(16)17/h2-6,14H,1H3,(H,18,19). The number of methoxy groups -OCH3 is 1. The van der Waals surface area contributed by atoms with Crippen molar-refractivity contribution in [2.24, 2.45) is 0 Å². The molecule has 0 saturated heterocycles. The van der Waals surface area contributed by atoms with Gasteiger partial charge in [0.15, 0.2) is 0 Å². The van der Waals surface area contributed by atoms with Crippen molar-refractivity contribution in [1.29, 1.82) is 0 Å². The minimum Gasteiger partial charge on any atom is -0.465 e. The fourth-order valence-electron chi connectivity index (χ4n) is 1.71. The van der Waals surface area contributed by atoms with Gasteiger partial charge in [0.05, 0.1) is 12.7 Å². The van der Waals surface area contributed by atoms with Gasteiger partial charge in [-0.1, -0.05) is 11.8 Å². The van der Waals surface area contributed by atoms with Crippen molar-refractivity contribution in [2.75, 3.05) is 12.4 Å². The lowest BCUT2D eigenvalue weighted by molar-refractivity contribution is 0.0599. The number of amides is 1. The second kappa shape index (κ2) is 7.89. The predicted octanol–water partition coefficient (Wildman–Crippen LogP) is 4.86. The summed E-state index contributed by atoms with van der Waals surface area (Å²) in [7, 11) is 1.25. The summed E-state index contributed by atoms with van der Waals surface area (Å²) < 4.78 is 30.1. The summed E-state index contributed by atoms with van der Waals surface area (Å²) in [5.74, 6) is -3.67. The quantitative estimate of drug-likeness (QED) is 0.552. The topological polar surface area (TPSA) is 55.4 Å². The van der Waals surface area contributed by atoms with Crippen molar-refractivity contribution in [3.05, 3.63) is 44.6 Å². The number of carbonyl (C=O) groups excluding carboxylic acids is 2. The van der Waals surface area contributed by atoms with Gasteiger partial charge in [-0.3, -0.25) is 4.79 Å². The average Bonchev–Trinajstić information content (AvgIpc) is 2.95. The molecule has 1 aromatic carbocycles. The normalized spacial score (nSPS) is 10.7. The Morgan fingerprint density at radius 3 is 2.74 bits per heavy atom. The van der Waals surface area contributed by atoms with Gasteiger partial charge in [-0.05, 0) is 45.6 Å². The van der Waals surface area contributed by atoms with E-state index in [0.29, 0.717) is 21.9 Å². The van der Waals surface area contributed by atoms with Crippen LogP contribution in [0.3, 0.4) is 0 Å². The van der Waals surface area contributed by atoms with E-state index >= 15 is 0 Å². The highest BCUT2D eigenvalue weighted by Gasteiger charge is 2.18. The van der Waals surface area contributed by atoms with E-state index in [0.717, 1.165) is 11.3 Å². The third kappa shape index (κ3) is 4.52. The molecular weight excluding hydrogens is 412 g/mol. The van der Waals surface area contributed by atoms with E-state index in [2.05, 4.69) is 26.0 Å². The van der Waals surface area contributed by atoms with Crippen LogP contribution in [0.15, 0.2) is 39.0 Å². The lowest BCUT2D eigenvalue weighted by Crippen LogP contribution is -2.12. The van der Waals surface area contributed by atoms with Crippen LogP contribution in [0.5, 0.6) is 0 Å². The molecule has 4 nitrogen and oxygen atoms in total. The molecule has 2 aromatic rings. The van der Waals surface area contributed by atoms with Gasteiger partial charge in [-0.15, -0.1) is 11.3 Å². The Hall–Kier alpha value is -1.45. The summed E-state index contributed by atoms with van der Waals surface area (Å²) in [5.41, 5.74) is 0.610. The number of benzene rings is 1. The molecular formula is C14H10BrF2NO3S2. The highest BCUT2D eigenvalue weighted by Crippen LogP contribution is 2.32. The van der Waals surface area contributed by atoms with Gasteiger partial charge < -0.3 is 10.1 Å². The monoisotopic (exact) mass is 421 g/mol. The third-order valence-electron chi connectivity index (χ3n) is 2.68. The summed E-state index contributed by atoms with van der Waals surface area (Å²) in [4.78, 5) is 24.3. The van der Waals surface area contributed by atoms with Crippen LogP contribution < -0.4 is 5.32 Å². The van der Waals surface area contributed by atoms with Crippen molar-refractivity contribution < 1.29 is 23.1 Å². The first kappa shape index (κ1) is 17.9.